The first-order chi connectivity index (χ1) is 8.58. The van der Waals surface area contributed by atoms with E-state index in [-0.39, 0.29) is 17.8 Å². The zero-order valence-electron chi connectivity index (χ0n) is 9.21. The van der Waals surface area contributed by atoms with Gasteiger partial charge in [0.25, 0.3) is 5.91 Å². The van der Waals surface area contributed by atoms with Crippen molar-refractivity contribution in [3.05, 3.63) is 47.5 Å². The van der Waals surface area contributed by atoms with E-state index in [2.05, 4.69) is 15.3 Å². The predicted octanol–water partition coefficient (Wildman–Crippen LogP) is 1.20. The van der Waals surface area contributed by atoms with Gasteiger partial charge in [0.05, 0.1) is 12.1 Å². The molecule has 18 heavy (non-hydrogen) atoms. The van der Waals surface area contributed by atoms with E-state index in [4.69, 9.17) is 5.73 Å². The van der Waals surface area contributed by atoms with Crippen LogP contribution in [0.2, 0.25) is 0 Å². The van der Waals surface area contributed by atoms with E-state index < -0.39 is 17.5 Å². The van der Waals surface area contributed by atoms with Crippen LogP contribution < -0.4 is 11.1 Å². The van der Waals surface area contributed by atoms with Crippen LogP contribution in [0.4, 0.5) is 14.5 Å². The van der Waals surface area contributed by atoms with Crippen molar-refractivity contribution in [3.63, 3.8) is 0 Å². The smallest absolute Gasteiger partial charge is 0.253 e. The molecule has 0 aliphatic rings. The molecular formula is C11H10F2N4O. The summed E-state index contributed by atoms with van der Waals surface area (Å²) in [7, 11) is 0. The normalized spacial score (nSPS) is 10.3. The lowest BCUT2D eigenvalue weighted by molar-refractivity contribution is 0.0950. The molecule has 2 aromatic rings. The number of halogens is 2. The average molecular weight is 252 g/mol. The van der Waals surface area contributed by atoms with Gasteiger partial charge in [-0.3, -0.25) is 4.79 Å². The lowest BCUT2D eigenvalue weighted by Gasteiger charge is -2.07. The van der Waals surface area contributed by atoms with Gasteiger partial charge in [-0.05, 0) is 6.07 Å². The number of imidazole rings is 1. The summed E-state index contributed by atoms with van der Waals surface area (Å²) in [6, 6.07) is 1.54. The SMILES string of the molecule is Nc1cc(F)c(F)cc1C(=O)NCc1ncc[nH]1. The van der Waals surface area contributed by atoms with Crippen molar-refractivity contribution >= 4 is 11.6 Å². The van der Waals surface area contributed by atoms with Gasteiger partial charge < -0.3 is 16.0 Å². The Labute approximate surface area is 101 Å². The van der Waals surface area contributed by atoms with Gasteiger partial charge in [0.2, 0.25) is 0 Å². The van der Waals surface area contributed by atoms with Crippen LogP contribution >= 0.6 is 0 Å². The average Bonchev–Trinajstić information content (AvgIpc) is 2.84. The Morgan fingerprint density at radius 3 is 2.78 bits per heavy atom. The number of carbonyl (C=O) groups excluding carboxylic acids is 1. The van der Waals surface area contributed by atoms with Crippen LogP contribution in [0.25, 0.3) is 0 Å². The topological polar surface area (TPSA) is 83.8 Å². The molecule has 1 aromatic carbocycles. The van der Waals surface area contributed by atoms with Crippen LogP contribution in [0.3, 0.4) is 0 Å². The molecule has 0 aliphatic carbocycles. The second-order valence-corrected chi connectivity index (χ2v) is 3.57. The first-order valence-electron chi connectivity index (χ1n) is 5.09. The van der Waals surface area contributed by atoms with E-state index in [1.807, 2.05) is 0 Å². The third-order valence-corrected chi connectivity index (χ3v) is 2.31. The monoisotopic (exact) mass is 252 g/mol. The van der Waals surface area contributed by atoms with Crippen molar-refractivity contribution in [2.24, 2.45) is 0 Å². The van der Waals surface area contributed by atoms with Crippen molar-refractivity contribution in [1.29, 1.82) is 0 Å². The summed E-state index contributed by atoms with van der Waals surface area (Å²) in [6.45, 7) is 0.143. The molecule has 2 rings (SSSR count). The van der Waals surface area contributed by atoms with Crippen LogP contribution in [0.5, 0.6) is 0 Å². The van der Waals surface area contributed by atoms with Crippen molar-refractivity contribution < 1.29 is 13.6 Å². The van der Waals surface area contributed by atoms with Gasteiger partial charge in [0.15, 0.2) is 11.6 Å². The van der Waals surface area contributed by atoms with Gasteiger partial charge in [0, 0.05) is 24.1 Å². The molecule has 0 spiro atoms. The number of rotatable bonds is 3. The van der Waals surface area contributed by atoms with Crippen molar-refractivity contribution in [3.8, 4) is 0 Å². The van der Waals surface area contributed by atoms with Gasteiger partial charge in [-0.25, -0.2) is 13.8 Å². The molecule has 1 heterocycles. The quantitative estimate of drug-likeness (QED) is 0.718. The first kappa shape index (κ1) is 12.0. The number of anilines is 1. The van der Waals surface area contributed by atoms with E-state index in [0.29, 0.717) is 5.82 Å². The zero-order chi connectivity index (χ0) is 13.1. The standard InChI is InChI=1S/C11H10F2N4O/c12-7-3-6(9(14)4-8(7)13)11(18)17-5-10-15-1-2-16-10/h1-4H,5,14H2,(H,15,16)(H,17,18). The molecule has 0 saturated heterocycles. The number of H-pyrrole nitrogens is 1. The zero-order valence-corrected chi connectivity index (χ0v) is 9.21. The number of nitrogens with one attached hydrogen (secondary N) is 2. The summed E-state index contributed by atoms with van der Waals surface area (Å²) < 4.78 is 25.8. The molecule has 0 unspecified atom stereocenters. The highest BCUT2D eigenvalue weighted by atomic mass is 19.2. The van der Waals surface area contributed by atoms with Gasteiger partial charge in [-0.1, -0.05) is 0 Å². The Hall–Kier alpha value is -2.44. The Kier molecular flexibility index (Phi) is 3.22. The third-order valence-electron chi connectivity index (χ3n) is 2.31. The predicted molar refractivity (Wildman–Crippen MR) is 60.5 cm³/mol. The molecule has 7 heteroatoms. The summed E-state index contributed by atoms with van der Waals surface area (Å²) in [5.41, 5.74) is 5.22. The second-order valence-electron chi connectivity index (χ2n) is 3.57. The van der Waals surface area contributed by atoms with Crippen LogP contribution in [-0.2, 0) is 6.54 Å². The molecule has 0 saturated carbocycles. The molecule has 1 amide bonds. The molecule has 0 aliphatic heterocycles. The number of nitrogens with zero attached hydrogens (tertiary/aromatic N) is 1. The second kappa shape index (κ2) is 4.82. The molecule has 0 radical (unpaired) electrons. The van der Waals surface area contributed by atoms with E-state index in [0.717, 1.165) is 12.1 Å². The number of hydrogen-bond acceptors (Lipinski definition) is 3. The van der Waals surface area contributed by atoms with E-state index >= 15 is 0 Å². The Bertz CT molecular complexity index is 569. The lowest BCUT2D eigenvalue weighted by Crippen LogP contribution is -2.24. The first-order valence-corrected chi connectivity index (χ1v) is 5.09. The van der Waals surface area contributed by atoms with Crippen molar-refractivity contribution in [1.82, 2.24) is 15.3 Å². The summed E-state index contributed by atoms with van der Waals surface area (Å²) in [5.74, 6) is -2.25. The van der Waals surface area contributed by atoms with Crippen molar-refractivity contribution in [2.45, 2.75) is 6.54 Å². The van der Waals surface area contributed by atoms with Crippen LogP contribution in [-0.4, -0.2) is 15.9 Å². The van der Waals surface area contributed by atoms with Crippen LogP contribution in [0.1, 0.15) is 16.2 Å². The Morgan fingerprint density at radius 1 is 1.39 bits per heavy atom. The molecule has 5 nitrogen and oxygen atoms in total. The summed E-state index contributed by atoms with van der Waals surface area (Å²) in [6.07, 6.45) is 3.14. The fourth-order valence-corrected chi connectivity index (χ4v) is 1.41. The molecule has 0 atom stereocenters. The summed E-state index contributed by atoms with van der Waals surface area (Å²) in [5, 5.41) is 2.49. The fourth-order valence-electron chi connectivity index (χ4n) is 1.41. The number of aromatic nitrogens is 2. The molecule has 4 N–H and O–H groups in total. The van der Waals surface area contributed by atoms with E-state index in [1.54, 1.807) is 6.20 Å². The minimum Gasteiger partial charge on any atom is -0.398 e. The molecule has 94 valence electrons. The Balaban J connectivity index is 2.11. The maximum atomic E-state index is 13.0. The number of benzene rings is 1. The largest absolute Gasteiger partial charge is 0.398 e. The van der Waals surface area contributed by atoms with Crippen LogP contribution in [0, 0.1) is 11.6 Å². The number of nitrogen functional groups attached to an aromatic ring is 1. The third kappa shape index (κ3) is 2.45. The highest BCUT2D eigenvalue weighted by Crippen LogP contribution is 2.16. The molecular weight excluding hydrogens is 242 g/mol. The number of amides is 1. The number of nitrogens with two attached hydrogens (primary N) is 1. The van der Waals surface area contributed by atoms with Crippen molar-refractivity contribution in [2.75, 3.05) is 5.73 Å². The summed E-state index contributed by atoms with van der Waals surface area (Å²) in [4.78, 5) is 18.4. The van der Waals surface area contributed by atoms with E-state index in [9.17, 15) is 13.6 Å². The van der Waals surface area contributed by atoms with Gasteiger partial charge in [0.1, 0.15) is 5.82 Å². The van der Waals surface area contributed by atoms with Gasteiger partial charge in [-0.15, -0.1) is 0 Å². The van der Waals surface area contributed by atoms with Crippen LogP contribution in [0.15, 0.2) is 24.5 Å². The number of hydrogen-bond donors (Lipinski definition) is 3. The number of aromatic amines is 1. The molecule has 0 fully saturated rings. The lowest BCUT2D eigenvalue weighted by atomic mass is 10.1. The minimum absolute atomic E-state index is 0.111. The van der Waals surface area contributed by atoms with E-state index in [1.165, 1.54) is 6.20 Å². The minimum atomic E-state index is -1.12. The van der Waals surface area contributed by atoms with Gasteiger partial charge in [-0.2, -0.15) is 0 Å². The maximum Gasteiger partial charge on any atom is 0.253 e. The fraction of sp³-hybridized carbons (Fsp3) is 0.0909. The maximum absolute atomic E-state index is 13.0. The highest BCUT2D eigenvalue weighted by Gasteiger charge is 2.14. The summed E-state index contributed by atoms with van der Waals surface area (Å²) >= 11 is 0. The van der Waals surface area contributed by atoms with Gasteiger partial charge >= 0.3 is 0 Å². The molecule has 1 aromatic heterocycles. The number of carbonyl (C=O) groups is 1. The Morgan fingerprint density at radius 2 is 2.11 bits per heavy atom. The highest BCUT2D eigenvalue weighted by molar-refractivity contribution is 5.99. The molecule has 0 bridgehead atoms.